The van der Waals surface area contributed by atoms with Crippen molar-refractivity contribution in [3.05, 3.63) is 83.3 Å². The smallest absolute Gasteiger partial charge is 0.274 e. The topological polar surface area (TPSA) is 74.3 Å². The number of likely N-dealkylation sites (tertiary alicyclic amines) is 1. The van der Waals surface area contributed by atoms with Gasteiger partial charge in [-0.1, -0.05) is 18.2 Å². The molecule has 38 heavy (non-hydrogen) atoms. The van der Waals surface area contributed by atoms with E-state index in [4.69, 9.17) is 0 Å². The predicted octanol–water partition coefficient (Wildman–Crippen LogP) is 5.40. The van der Waals surface area contributed by atoms with E-state index in [2.05, 4.69) is 20.5 Å². The molecule has 0 radical (unpaired) electrons. The zero-order chi connectivity index (χ0) is 26.7. The van der Waals surface area contributed by atoms with E-state index in [1.54, 1.807) is 12.1 Å². The number of halogens is 3. The van der Waals surface area contributed by atoms with E-state index in [1.165, 1.54) is 18.9 Å². The first kappa shape index (κ1) is 25.9. The van der Waals surface area contributed by atoms with Crippen molar-refractivity contribution >= 4 is 17.5 Å². The summed E-state index contributed by atoms with van der Waals surface area (Å²) in [6.07, 6.45) is 5.57. The first-order chi connectivity index (χ1) is 18.3. The second-order valence-electron chi connectivity index (χ2n) is 9.94. The fraction of sp³-hybridized carbons (Fsp3) is 0.345. The average Bonchev–Trinajstić information content (AvgIpc) is 3.40. The monoisotopic (exact) mass is 522 g/mol. The van der Waals surface area contributed by atoms with Crippen LogP contribution in [0.25, 0.3) is 11.3 Å². The van der Waals surface area contributed by atoms with Crippen LogP contribution in [0, 0.1) is 17.5 Å². The summed E-state index contributed by atoms with van der Waals surface area (Å²) in [6, 6.07) is 12.5. The molecule has 1 aliphatic carbocycles. The Morgan fingerprint density at radius 3 is 2.18 bits per heavy atom. The number of carbonyl (C=O) groups excluding carboxylic acids is 2. The largest absolute Gasteiger partial charge is 0.347 e. The van der Waals surface area contributed by atoms with E-state index in [0.29, 0.717) is 12.1 Å². The van der Waals surface area contributed by atoms with E-state index in [-0.39, 0.29) is 11.6 Å². The van der Waals surface area contributed by atoms with Gasteiger partial charge in [0.2, 0.25) is 5.91 Å². The molecule has 1 aliphatic heterocycles. The molecule has 0 bridgehead atoms. The Bertz CT molecular complexity index is 1320. The van der Waals surface area contributed by atoms with Gasteiger partial charge in [0.25, 0.3) is 5.91 Å². The molecular weight excluding hydrogens is 493 g/mol. The van der Waals surface area contributed by atoms with Crippen LogP contribution in [0.5, 0.6) is 0 Å². The van der Waals surface area contributed by atoms with Gasteiger partial charge in [0.05, 0.1) is 11.1 Å². The Morgan fingerprint density at radius 1 is 0.868 bits per heavy atom. The Hall–Kier alpha value is -3.72. The zero-order valence-corrected chi connectivity index (χ0v) is 20.9. The van der Waals surface area contributed by atoms with Gasteiger partial charge in [-0.05, 0) is 87.2 Å². The predicted molar refractivity (Wildman–Crippen MR) is 138 cm³/mol. The van der Waals surface area contributed by atoms with Crippen LogP contribution in [0.4, 0.5) is 18.9 Å². The maximum absolute atomic E-state index is 14.4. The molecule has 1 saturated heterocycles. The lowest BCUT2D eigenvalue weighted by Gasteiger charge is -2.43. The minimum atomic E-state index is -0.974. The fourth-order valence-electron chi connectivity index (χ4n) is 5.15. The van der Waals surface area contributed by atoms with Crippen LogP contribution < -0.4 is 10.6 Å². The summed E-state index contributed by atoms with van der Waals surface area (Å²) >= 11 is 0. The lowest BCUT2D eigenvalue weighted by molar-refractivity contribution is -0.124. The first-order valence-corrected chi connectivity index (χ1v) is 12.9. The van der Waals surface area contributed by atoms with Crippen LogP contribution in [-0.2, 0) is 10.3 Å². The number of aromatic nitrogens is 1. The summed E-state index contributed by atoms with van der Waals surface area (Å²) < 4.78 is 42.7. The van der Waals surface area contributed by atoms with E-state index in [0.717, 1.165) is 68.7 Å². The fourth-order valence-corrected chi connectivity index (χ4v) is 5.15. The number of anilines is 1. The molecule has 198 valence electrons. The Balaban J connectivity index is 1.26. The lowest BCUT2D eigenvalue weighted by atomic mass is 9.71. The molecule has 6 nitrogen and oxygen atoms in total. The van der Waals surface area contributed by atoms with Gasteiger partial charge >= 0.3 is 0 Å². The van der Waals surface area contributed by atoms with Crippen LogP contribution in [0.3, 0.4) is 0 Å². The van der Waals surface area contributed by atoms with Gasteiger partial charge in [-0.25, -0.2) is 18.2 Å². The quantitative estimate of drug-likeness (QED) is 0.416. The van der Waals surface area contributed by atoms with Crippen LogP contribution in [0.2, 0.25) is 0 Å². The number of nitrogens with one attached hydrogen (secondary N) is 2. The number of pyridine rings is 1. The molecule has 2 aromatic carbocycles. The molecular formula is C29H29F3N4O2. The van der Waals surface area contributed by atoms with Crippen molar-refractivity contribution in [2.45, 2.75) is 44.1 Å². The molecule has 2 amide bonds. The number of carbonyl (C=O) groups is 2. The molecule has 2 N–H and O–H groups in total. The maximum atomic E-state index is 14.4. The Morgan fingerprint density at radius 2 is 1.55 bits per heavy atom. The number of nitrogens with zero attached hydrogens (tertiary/aromatic N) is 2. The Kier molecular flexibility index (Phi) is 7.46. The average molecular weight is 523 g/mol. The number of hydrogen-bond donors (Lipinski definition) is 2. The molecule has 9 heteroatoms. The van der Waals surface area contributed by atoms with Gasteiger partial charge in [-0.2, -0.15) is 0 Å². The van der Waals surface area contributed by atoms with Crippen molar-refractivity contribution in [1.82, 2.24) is 15.2 Å². The van der Waals surface area contributed by atoms with Crippen molar-refractivity contribution in [3.63, 3.8) is 0 Å². The number of amides is 2. The van der Waals surface area contributed by atoms with E-state index in [9.17, 15) is 22.8 Å². The summed E-state index contributed by atoms with van der Waals surface area (Å²) in [5.41, 5.74) is -0.351. The van der Waals surface area contributed by atoms with E-state index in [1.807, 2.05) is 12.1 Å². The number of rotatable bonds is 8. The highest BCUT2D eigenvalue weighted by atomic mass is 19.1. The SMILES string of the molecule is O=C(CCN1CCCC1)NC1(c2ccc(NC(=O)c3ccc(F)c(-c4c(F)cccc4F)n3)cc2)CCC1. The highest BCUT2D eigenvalue weighted by molar-refractivity contribution is 6.03. The number of hydrogen-bond acceptors (Lipinski definition) is 4. The molecule has 0 atom stereocenters. The summed E-state index contributed by atoms with van der Waals surface area (Å²) in [5.74, 6) is -3.50. The Labute approximate surface area is 219 Å². The number of benzene rings is 2. The molecule has 2 fully saturated rings. The highest BCUT2D eigenvalue weighted by Crippen LogP contribution is 2.41. The first-order valence-electron chi connectivity index (χ1n) is 12.9. The van der Waals surface area contributed by atoms with Gasteiger partial charge in [0, 0.05) is 18.7 Å². The van der Waals surface area contributed by atoms with E-state index >= 15 is 0 Å². The summed E-state index contributed by atoms with van der Waals surface area (Å²) in [5, 5.41) is 5.92. The second kappa shape index (κ2) is 10.9. The van der Waals surface area contributed by atoms with Gasteiger partial charge in [-0.15, -0.1) is 0 Å². The molecule has 2 aliphatic rings. The minimum Gasteiger partial charge on any atom is -0.347 e. The van der Waals surface area contributed by atoms with Crippen molar-refractivity contribution in [2.24, 2.45) is 0 Å². The molecule has 3 aromatic rings. The second-order valence-corrected chi connectivity index (χ2v) is 9.94. The van der Waals surface area contributed by atoms with Crippen LogP contribution in [-0.4, -0.2) is 41.3 Å². The molecule has 0 unspecified atom stereocenters. The van der Waals surface area contributed by atoms with Gasteiger partial charge in [-0.3, -0.25) is 9.59 Å². The molecule has 1 saturated carbocycles. The van der Waals surface area contributed by atoms with Gasteiger partial charge < -0.3 is 15.5 Å². The lowest BCUT2D eigenvalue weighted by Crippen LogP contribution is -2.51. The van der Waals surface area contributed by atoms with Gasteiger partial charge in [0.15, 0.2) is 0 Å². The van der Waals surface area contributed by atoms with Crippen molar-refractivity contribution < 1.29 is 22.8 Å². The maximum Gasteiger partial charge on any atom is 0.274 e. The molecule has 2 heterocycles. The van der Waals surface area contributed by atoms with Crippen molar-refractivity contribution in [2.75, 3.05) is 25.0 Å². The zero-order valence-electron chi connectivity index (χ0n) is 20.9. The van der Waals surface area contributed by atoms with Crippen LogP contribution in [0.15, 0.2) is 54.6 Å². The normalized spacial score (nSPS) is 16.6. The van der Waals surface area contributed by atoms with E-state index < -0.39 is 40.2 Å². The molecule has 1 aromatic heterocycles. The highest BCUT2D eigenvalue weighted by Gasteiger charge is 2.40. The van der Waals surface area contributed by atoms with Crippen LogP contribution in [0.1, 0.15) is 54.6 Å². The third kappa shape index (κ3) is 5.43. The standard InChI is InChI=1S/C29H29F3N4O2/c30-21-5-3-6-22(31)26(21)27-23(32)11-12-24(34-27)28(38)33-20-9-7-19(8-10-20)29(14-4-15-29)35-25(37)13-18-36-16-1-2-17-36/h3,5-12H,1-2,4,13-18H2,(H,33,38)(H,35,37). The summed E-state index contributed by atoms with van der Waals surface area (Å²) in [4.78, 5) is 31.7. The molecule has 5 rings (SSSR count). The third-order valence-corrected chi connectivity index (χ3v) is 7.41. The summed E-state index contributed by atoms with van der Waals surface area (Å²) in [6.45, 7) is 2.89. The van der Waals surface area contributed by atoms with Crippen molar-refractivity contribution in [3.8, 4) is 11.3 Å². The van der Waals surface area contributed by atoms with Gasteiger partial charge in [0.1, 0.15) is 28.8 Å². The summed E-state index contributed by atoms with van der Waals surface area (Å²) in [7, 11) is 0. The molecule has 0 spiro atoms. The van der Waals surface area contributed by atoms with Crippen molar-refractivity contribution in [1.29, 1.82) is 0 Å². The minimum absolute atomic E-state index is 0.0402. The van der Waals surface area contributed by atoms with Crippen LogP contribution >= 0.6 is 0 Å². The third-order valence-electron chi connectivity index (χ3n) is 7.41.